The lowest BCUT2D eigenvalue weighted by atomic mass is 10.0. The summed E-state index contributed by atoms with van der Waals surface area (Å²) < 4.78 is 0. The van der Waals surface area contributed by atoms with Crippen molar-refractivity contribution in [2.75, 3.05) is 12.3 Å². The molecule has 1 aliphatic heterocycles. The fourth-order valence-corrected chi connectivity index (χ4v) is 3.29. The van der Waals surface area contributed by atoms with Gasteiger partial charge in [-0.05, 0) is 38.4 Å². The first kappa shape index (κ1) is 17.6. The predicted octanol–water partition coefficient (Wildman–Crippen LogP) is 3.11. The molecule has 0 radical (unpaired) electrons. The zero-order valence-corrected chi connectivity index (χ0v) is 13.8. The number of halogens is 2. The van der Waals surface area contributed by atoms with Gasteiger partial charge >= 0.3 is 0 Å². The van der Waals surface area contributed by atoms with Gasteiger partial charge in [0, 0.05) is 17.0 Å². The molecule has 1 aliphatic rings. The van der Waals surface area contributed by atoms with Crippen molar-refractivity contribution in [3.63, 3.8) is 0 Å². The summed E-state index contributed by atoms with van der Waals surface area (Å²) in [6, 6.07) is 8.39. The standard InChI is InChI=1S/C14H19ClN2OS.ClH/c1-10-8-11(6-7-16-10)17-14(18)9-19-13-5-3-2-4-12(13)15;/h2-5,10-11,16H,6-9H2,1H3,(H,17,18);1H. The third-order valence-corrected chi connectivity index (χ3v) is 4.70. The Hall–Kier alpha value is -0.420. The second-order valence-corrected chi connectivity index (χ2v) is 6.29. The van der Waals surface area contributed by atoms with E-state index in [-0.39, 0.29) is 18.3 Å². The minimum absolute atomic E-state index is 0. The molecule has 0 bridgehead atoms. The molecule has 1 amide bonds. The van der Waals surface area contributed by atoms with E-state index in [0.717, 1.165) is 24.3 Å². The van der Waals surface area contributed by atoms with Gasteiger partial charge in [0.1, 0.15) is 0 Å². The number of carbonyl (C=O) groups excluding carboxylic acids is 1. The Morgan fingerprint density at radius 3 is 2.95 bits per heavy atom. The number of carbonyl (C=O) groups is 1. The highest BCUT2D eigenvalue weighted by atomic mass is 35.5. The second-order valence-electron chi connectivity index (χ2n) is 4.86. The Bertz CT molecular complexity index is 445. The van der Waals surface area contributed by atoms with Gasteiger partial charge in [-0.2, -0.15) is 0 Å². The molecule has 3 nitrogen and oxygen atoms in total. The highest BCUT2D eigenvalue weighted by Gasteiger charge is 2.19. The van der Waals surface area contributed by atoms with Gasteiger partial charge in [0.25, 0.3) is 0 Å². The number of amides is 1. The van der Waals surface area contributed by atoms with Crippen molar-refractivity contribution in [2.24, 2.45) is 0 Å². The molecule has 1 aromatic carbocycles. The average molecular weight is 335 g/mol. The molecule has 0 saturated carbocycles. The molecule has 1 fully saturated rings. The van der Waals surface area contributed by atoms with Gasteiger partial charge in [-0.1, -0.05) is 23.7 Å². The van der Waals surface area contributed by atoms with E-state index in [4.69, 9.17) is 11.6 Å². The van der Waals surface area contributed by atoms with Gasteiger partial charge in [0.2, 0.25) is 5.91 Å². The van der Waals surface area contributed by atoms with Crippen molar-refractivity contribution in [3.8, 4) is 0 Å². The van der Waals surface area contributed by atoms with Crippen LogP contribution in [0.4, 0.5) is 0 Å². The lowest BCUT2D eigenvalue weighted by molar-refractivity contribution is -0.119. The minimum atomic E-state index is 0. The van der Waals surface area contributed by atoms with E-state index < -0.39 is 0 Å². The van der Waals surface area contributed by atoms with Crippen LogP contribution in [0.5, 0.6) is 0 Å². The van der Waals surface area contributed by atoms with Crippen LogP contribution >= 0.6 is 35.8 Å². The van der Waals surface area contributed by atoms with E-state index in [2.05, 4.69) is 17.6 Å². The van der Waals surface area contributed by atoms with Gasteiger partial charge in [0.05, 0.1) is 10.8 Å². The van der Waals surface area contributed by atoms with Crippen LogP contribution in [0.1, 0.15) is 19.8 Å². The topological polar surface area (TPSA) is 41.1 Å². The third kappa shape index (κ3) is 5.52. The maximum Gasteiger partial charge on any atom is 0.230 e. The van der Waals surface area contributed by atoms with Crippen LogP contribution in [0.3, 0.4) is 0 Å². The van der Waals surface area contributed by atoms with Crippen molar-refractivity contribution in [2.45, 2.75) is 36.7 Å². The number of thioether (sulfide) groups is 1. The smallest absolute Gasteiger partial charge is 0.230 e. The van der Waals surface area contributed by atoms with Crippen LogP contribution in [0, 0.1) is 0 Å². The maximum atomic E-state index is 11.9. The summed E-state index contributed by atoms with van der Waals surface area (Å²) in [5, 5.41) is 7.18. The molecule has 112 valence electrons. The molecule has 2 atom stereocenters. The second kappa shape index (κ2) is 8.78. The van der Waals surface area contributed by atoms with E-state index in [1.165, 1.54) is 11.8 Å². The van der Waals surface area contributed by atoms with E-state index in [9.17, 15) is 4.79 Å². The van der Waals surface area contributed by atoms with Crippen LogP contribution in [-0.2, 0) is 4.79 Å². The number of hydrogen-bond donors (Lipinski definition) is 2. The zero-order chi connectivity index (χ0) is 13.7. The molecular weight excluding hydrogens is 315 g/mol. The molecule has 6 heteroatoms. The summed E-state index contributed by atoms with van der Waals surface area (Å²) in [6.45, 7) is 3.13. The Morgan fingerprint density at radius 1 is 1.50 bits per heavy atom. The molecule has 2 rings (SSSR count). The Balaban J connectivity index is 0.00000200. The molecule has 2 unspecified atom stereocenters. The molecule has 2 N–H and O–H groups in total. The van der Waals surface area contributed by atoms with Crippen LogP contribution in [0.2, 0.25) is 5.02 Å². The zero-order valence-electron chi connectivity index (χ0n) is 11.4. The lowest BCUT2D eigenvalue weighted by Gasteiger charge is -2.28. The highest BCUT2D eigenvalue weighted by molar-refractivity contribution is 8.00. The molecule has 0 aromatic heterocycles. The molecule has 1 aromatic rings. The monoisotopic (exact) mass is 334 g/mol. The van der Waals surface area contributed by atoms with Gasteiger partial charge < -0.3 is 10.6 Å². The molecule has 0 spiro atoms. The van der Waals surface area contributed by atoms with Gasteiger partial charge in [-0.15, -0.1) is 24.2 Å². The summed E-state index contributed by atoms with van der Waals surface area (Å²) in [5.74, 6) is 0.506. The first-order valence-electron chi connectivity index (χ1n) is 6.55. The molecule has 0 aliphatic carbocycles. The van der Waals surface area contributed by atoms with E-state index in [1.54, 1.807) is 0 Å². The largest absolute Gasteiger partial charge is 0.353 e. The van der Waals surface area contributed by atoms with Crippen LogP contribution in [0.15, 0.2) is 29.2 Å². The fourth-order valence-electron chi connectivity index (χ4n) is 2.24. The number of benzene rings is 1. The summed E-state index contributed by atoms with van der Waals surface area (Å²) in [4.78, 5) is 12.9. The SMILES string of the molecule is CC1CC(NC(=O)CSc2ccccc2Cl)CCN1.Cl. The molecule has 1 heterocycles. The summed E-state index contributed by atoms with van der Waals surface area (Å²) in [7, 11) is 0. The first-order valence-corrected chi connectivity index (χ1v) is 7.91. The summed E-state index contributed by atoms with van der Waals surface area (Å²) in [5.41, 5.74) is 0. The predicted molar refractivity (Wildman–Crippen MR) is 88.1 cm³/mol. The number of hydrogen-bond acceptors (Lipinski definition) is 3. The van der Waals surface area contributed by atoms with Gasteiger partial charge in [0.15, 0.2) is 0 Å². The summed E-state index contributed by atoms with van der Waals surface area (Å²) >= 11 is 7.54. The van der Waals surface area contributed by atoms with E-state index in [1.807, 2.05) is 24.3 Å². The Morgan fingerprint density at radius 2 is 2.25 bits per heavy atom. The fraction of sp³-hybridized carbons (Fsp3) is 0.500. The Kier molecular flexibility index (Phi) is 7.74. The Labute approximate surface area is 135 Å². The van der Waals surface area contributed by atoms with E-state index in [0.29, 0.717) is 22.9 Å². The lowest BCUT2D eigenvalue weighted by Crippen LogP contribution is -2.47. The number of piperidine rings is 1. The normalized spacial score (nSPS) is 21.9. The molecule has 1 saturated heterocycles. The van der Waals surface area contributed by atoms with Crippen LogP contribution in [0.25, 0.3) is 0 Å². The van der Waals surface area contributed by atoms with Crippen molar-refractivity contribution in [1.82, 2.24) is 10.6 Å². The first-order chi connectivity index (χ1) is 9.15. The van der Waals surface area contributed by atoms with Crippen LogP contribution < -0.4 is 10.6 Å². The molecular formula is C14H20Cl2N2OS. The quantitative estimate of drug-likeness (QED) is 0.831. The van der Waals surface area contributed by atoms with Crippen molar-refractivity contribution >= 4 is 41.7 Å². The van der Waals surface area contributed by atoms with Crippen molar-refractivity contribution in [3.05, 3.63) is 29.3 Å². The average Bonchev–Trinajstić information content (AvgIpc) is 2.38. The number of rotatable bonds is 4. The van der Waals surface area contributed by atoms with E-state index >= 15 is 0 Å². The highest BCUT2D eigenvalue weighted by Crippen LogP contribution is 2.26. The maximum absolute atomic E-state index is 11.9. The van der Waals surface area contributed by atoms with Crippen molar-refractivity contribution < 1.29 is 4.79 Å². The summed E-state index contributed by atoms with van der Waals surface area (Å²) in [6.07, 6.45) is 2.01. The van der Waals surface area contributed by atoms with Gasteiger partial charge in [-0.3, -0.25) is 4.79 Å². The number of nitrogens with one attached hydrogen (secondary N) is 2. The van der Waals surface area contributed by atoms with Crippen molar-refractivity contribution in [1.29, 1.82) is 0 Å². The minimum Gasteiger partial charge on any atom is -0.353 e. The third-order valence-electron chi connectivity index (χ3n) is 3.18. The van der Waals surface area contributed by atoms with Gasteiger partial charge in [-0.25, -0.2) is 0 Å². The molecule has 20 heavy (non-hydrogen) atoms. The van der Waals surface area contributed by atoms with Crippen LogP contribution in [-0.4, -0.2) is 30.3 Å².